The summed E-state index contributed by atoms with van der Waals surface area (Å²) in [5, 5.41) is 0. The first-order valence-electron chi connectivity index (χ1n) is 6.21. The maximum atomic E-state index is 12.9. The topological polar surface area (TPSA) is 97.6 Å². The van der Waals surface area contributed by atoms with Gasteiger partial charge >= 0.3 is 11.9 Å². The van der Waals surface area contributed by atoms with Gasteiger partial charge in [-0.1, -0.05) is 0 Å². The summed E-state index contributed by atoms with van der Waals surface area (Å²) < 4.78 is 35.2. The summed E-state index contributed by atoms with van der Waals surface area (Å²) in [6.45, 7) is -0.755. The second-order valence-electron chi connectivity index (χ2n) is 4.21. The predicted octanol–water partition coefficient (Wildman–Crippen LogP) is 1.18. The zero-order valence-electron chi connectivity index (χ0n) is 11.5. The number of amides is 2. The second-order valence-corrected chi connectivity index (χ2v) is 4.21. The molecule has 0 saturated heterocycles. The number of hydrazine groups is 1. The van der Waals surface area contributed by atoms with Crippen molar-refractivity contribution in [3.05, 3.63) is 59.6 Å². The first-order chi connectivity index (χ1) is 11.0. The summed E-state index contributed by atoms with van der Waals surface area (Å²) in [4.78, 5) is 34.4. The molecule has 2 aromatic rings. The minimum atomic E-state index is -1.09. The molecular weight excluding hydrogens is 314 g/mol. The molecule has 0 atom stereocenters. The quantitative estimate of drug-likeness (QED) is 0.650. The molecule has 0 radical (unpaired) electrons. The van der Waals surface area contributed by atoms with Gasteiger partial charge in [0.15, 0.2) is 12.4 Å². The number of carbonyl (C=O) groups is 3. The molecule has 2 N–H and O–H groups in total. The van der Waals surface area contributed by atoms with Crippen LogP contribution in [-0.2, 0) is 9.53 Å². The number of furan rings is 1. The van der Waals surface area contributed by atoms with E-state index in [4.69, 9.17) is 4.42 Å². The number of carbonyl (C=O) groups excluding carboxylic acids is 3. The maximum Gasteiger partial charge on any atom is 0.338 e. The second kappa shape index (κ2) is 7.16. The molecule has 2 amide bonds. The van der Waals surface area contributed by atoms with E-state index in [1.165, 1.54) is 18.4 Å². The zero-order valence-corrected chi connectivity index (χ0v) is 11.5. The fraction of sp³-hybridized carbons (Fsp3) is 0.0714. The molecule has 2 rings (SSSR count). The Bertz CT molecular complexity index is 711. The summed E-state index contributed by atoms with van der Waals surface area (Å²) in [5.41, 5.74) is 3.62. The van der Waals surface area contributed by atoms with Gasteiger partial charge in [0.2, 0.25) is 0 Å². The van der Waals surface area contributed by atoms with Crippen molar-refractivity contribution in [2.45, 2.75) is 0 Å². The molecule has 1 aromatic heterocycles. The maximum absolute atomic E-state index is 12.9. The van der Waals surface area contributed by atoms with E-state index >= 15 is 0 Å². The van der Waals surface area contributed by atoms with Crippen molar-refractivity contribution in [2.24, 2.45) is 0 Å². The Labute approximate surface area is 128 Å². The molecule has 7 nitrogen and oxygen atoms in total. The van der Waals surface area contributed by atoms with Crippen LogP contribution in [0.2, 0.25) is 0 Å². The number of ether oxygens (including phenoxy) is 1. The molecule has 1 aromatic carbocycles. The molecule has 0 aliphatic rings. The number of nitrogens with one attached hydrogen (secondary N) is 2. The number of hydrogen-bond donors (Lipinski definition) is 2. The Kier molecular flexibility index (Phi) is 5.03. The number of benzene rings is 1. The van der Waals surface area contributed by atoms with E-state index in [-0.39, 0.29) is 11.3 Å². The van der Waals surface area contributed by atoms with Crippen LogP contribution in [0.3, 0.4) is 0 Å². The van der Waals surface area contributed by atoms with Crippen molar-refractivity contribution in [1.82, 2.24) is 10.9 Å². The molecule has 0 fully saturated rings. The first-order valence-corrected chi connectivity index (χ1v) is 6.21. The van der Waals surface area contributed by atoms with E-state index < -0.39 is 36.0 Å². The van der Waals surface area contributed by atoms with Gasteiger partial charge < -0.3 is 9.15 Å². The summed E-state index contributed by atoms with van der Waals surface area (Å²) in [6, 6.07) is 4.98. The van der Waals surface area contributed by atoms with Gasteiger partial charge in [-0.2, -0.15) is 0 Å². The van der Waals surface area contributed by atoms with Crippen molar-refractivity contribution < 1.29 is 32.3 Å². The molecule has 9 heteroatoms. The number of rotatable bonds is 4. The lowest BCUT2D eigenvalue weighted by atomic mass is 10.2. The number of hydrogen-bond acceptors (Lipinski definition) is 5. The molecule has 0 spiro atoms. The monoisotopic (exact) mass is 324 g/mol. The highest BCUT2D eigenvalue weighted by Gasteiger charge is 2.14. The van der Waals surface area contributed by atoms with Crippen LogP contribution in [0.25, 0.3) is 0 Å². The standard InChI is InChI=1S/C14H10F2N2O5/c15-9-4-8(5-10(16)6-9)14(21)23-7-12(19)17-18-13(20)11-2-1-3-22-11/h1-6H,7H2,(H,17,19)(H,18,20). The first kappa shape index (κ1) is 16.1. The van der Waals surface area contributed by atoms with Gasteiger partial charge in [0.1, 0.15) is 11.6 Å². The van der Waals surface area contributed by atoms with E-state index in [0.717, 1.165) is 12.1 Å². The van der Waals surface area contributed by atoms with Crippen LogP contribution in [0.4, 0.5) is 8.78 Å². The average Bonchev–Trinajstić information content (AvgIpc) is 3.03. The van der Waals surface area contributed by atoms with E-state index in [9.17, 15) is 23.2 Å². The Hall–Kier alpha value is -3.23. The van der Waals surface area contributed by atoms with Crippen LogP contribution in [0, 0.1) is 11.6 Å². The van der Waals surface area contributed by atoms with Crippen LogP contribution in [-0.4, -0.2) is 24.4 Å². The summed E-state index contributed by atoms with van der Waals surface area (Å²) in [5.74, 6) is -4.58. The summed E-state index contributed by atoms with van der Waals surface area (Å²) in [6.07, 6.45) is 1.27. The van der Waals surface area contributed by atoms with Gasteiger partial charge in [-0.3, -0.25) is 20.4 Å². The summed E-state index contributed by atoms with van der Waals surface area (Å²) in [7, 11) is 0. The third kappa shape index (κ3) is 4.63. The van der Waals surface area contributed by atoms with Gasteiger partial charge in [-0.15, -0.1) is 0 Å². The van der Waals surface area contributed by atoms with E-state index in [1.54, 1.807) is 0 Å². The molecule has 0 aliphatic heterocycles. The van der Waals surface area contributed by atoms with Crippen molar-refractivity contribution in [3.8, 4) is 0 Å². The van der Waals surface area contributed by atoms with Gasteiger partial charge in [0, 0.05) is 6.07 Å². The molecule has 0 aliphatic carbocycles. The Morgan fingerprint density at radius 2 is 1.78 bits per heavy atom. The Morgan fingerprint density at radius 3 is 2.39 bits per heavy atom. The van der Waals surface area contributed by atoms with E-state index in [0.29, 0.717) is 6.07 Å². The van der Waals surface area contributed by atoms with Crippen LogP contribution in [0.15, 0.2) is 41.0 Å². The SMILES string of the molecule is O=C(COC(=O)c1cc(F)cc(F)c1)NNC(=O)c1ccco1. The van der Waals surface area contributed by atoms with Crippen LogP contribution >= 0.6 is 0 Å². The smallest absolute Gasteiger partial charge is 0.338 e. The Morgan fingerprint density at radius 1 is 1.09 bits per heavy atom. The molecule has 0 saturated carbocycles. The number of halogens is 2. The van der Waals surface area contributed by atoms with Gasteiger partial charge in [0.25, 0.3) is 5.91 Å². The van der Waals surface area contributed by atoms with Crippen molar-refractivity contribution in [2.75, 3.05) is 6.61 Å². The average molecular weight is 324 g/mol. The largest absolute Gasteiger partial charge is 0.459 e. The van der Waals surface area contributed by atoms with Crippen molar-refractivity contribution in [1.29, 1.82) is 0 Å². The molecule has 0 unspecified atom stereocenters. The third-order valence-electron chi connectivity index (χ3n) is 2.49. The number of esters is 1. The van der Waals surface area contributed by atoms with Crippen LogP contribution < -0.4 is 10.9 Å². The highest BCUT2D eigenvalue weighted by Crippen LogP contribution is 2.09. The molecule has 23 heavy (non-hydrogen) atoms. The van der Waals surface area contributed by atoms with Crippen LogP contribution in [0.1, 0.15) is 20.9 Å². The fourth-order valence-electron chi connectivity index (χ4n) is 1.52. The predicted molar refractivity (Wildman–Crippen MR) is 71.0 cm³/mol. The molecule has 120 valence electrons. The fourth-order valence-corrected chi connectivity index (χ4v) is 1.52. The summed E-state index contributed by atoms with van der Waals surface area (Å²) >= 11 is 0. The third-order valence-corrected chi connectivity index (χ3v) is 2.49. The minimum Gasteiger partial charge on any atom is -0.459 e. The minimum absolute atomic E-state index is 0.0301. The van der Waals surface area contributed by atoms with Gasteiger partial charge in [-0.05, 0) is 24.3 Å². The highest BCUT2D eigenvalue weighted by molar-refractivity contribution is 5.94. The Balaban J connectivity index is 1.79. The lowest BCUT2D eigenvalue weighted by molar-refractivity contribution is -0.125. The van der Waals surface area contributed by atoms with Gasteiger partial charge in [-0.25, -0.2) is 13.6 Å². The van der Waals surface area contributed by atoms with Crippen molar-refractivity contribution in [3.63, 3.8) is 0 Å². The van der Waals surface area contributed by atoms with Crippen molar-refractivity contribution >= 4 is 17.8 Å². The lowest BCUT2D eigenvalue weighted by Crippen LogP contribution is -2.43. The molecule has 1 heterocycles. The molecule has 0 bridgehead atoms. The lowest BCUT2D eigenvalue weighted by Gasteiger charge is -2.07. The van der Waals surface area contributed by atoms with Gasteiger partial charge in [0.05, 0.1) is 11.8 Å². The van der Waals surface area contributed by atoms with Crippen LogP contribution in [0.5, 0.6) is 0 Å². The zero-order chi connectivity index (χ0) is 16.8. The van der Waals surface area contributed by atoms with E-state index in [1.807, 2.05) is 10.9 Å². The molecular formula is C14H10F2N2O5. The normalized spacial score (nSPS) is 10.0. The van der Waals surface area contributed by atoms with E-state index in [2.05, 4.69) is 4.74 Å². The highest BCUT2D eigenvalue weighted by atomic mass is 19.1.